The Labute approximate surface area is 190 Å². The Bertz CT molecular complexity index is 1260. The van der Waals surface area contributed by atoms with Crippen LogP contribution >= 0.6 is 23.2 Å². The third-order valence-electron chi connectivity index (χ3n) is 5.03. The van der Waals surface area contributed by atoms with Crippen LogP contribution in [0.2, 0.25) is 10.0 Å². The zero-order valence-corrected chi connectivity index (χ0v) is 18.8. The van der Waals surface area contributed by atoms with Crippen molar-refractivity contribution in [2.75, 3.05) is 5.32 Å². The molecule has 0 atom stereocenters. The van der Waals surface area contributed by atoms with E-state index in [1.165, 1.54) is 0 Å². The van der Waals surface area contributed by atoms with Crippen LogP contribution in [0, 0.1) is 20.8 Å². The average Bonchev–Trinajstić information content (AvgIpc) is 3.19. The van der Waals surface area contributed by atoms with Crippen molar-refractivity contribution >= 4 is 34.8 Å². The van der Waals surface area contributed by atoms with E-state index in [1.807, 2.05) is 63.2 Å². The monoisotopic (exact) mass is 450 g/mol. The number of nitrogens with zero attached hydrogens (tertiary/aromatic N) is 3. The number of hydrogen-bond acceptors (Lipinski definition) is 3. The maximum atomic E-state index is 13.0. The summed E-state index contributed by atoms with van der Waals surface area (Å²) in [4.78, 5) is 17.6. The second-order valence-electron chi connectivity index (χ2n) is 7.33. The van der Waals surface area contributed by atoms with E-state index in [2.05, 4.69) is 15.4 Å². The zero-order chi connectivity index (χ0) is 22.1. The molecular weight excluding hydrogens is 431 g/mol. The minimum atomic E-state index is -0.385. The van der Waals surface area contributed by atoms with Crippen LogP contribution in [0.1, 0.15) is 27.3 Å². The molecule has 0 aliphatic carbocycles. The van der Waals surface area contributed by atoms with Crippen LogP contribution in [0.3, 0.4) is 0 Å². The number of rotatable bonds is 4. The molecule has 31 heavy (non-hydrogen) atoms. The van der Waals surface area contributed by atoms with Gasteiger partial charge in [-0.1, -0.05) is 47.5 Å². The van der Waals surface area contributed by atoms with Gasteiger partial charge in [0.2, 0.25) is 5.82 Å². The highest BCUT2D eigenvalue weighted by molar-refractivity contribution is 6.31. The summed E-state index contributed by atoms with van der Waals surface area (Å²) in [5.74, 6) is 0.192. The van der Waals surface area contributed by atoms with Gasteiger partial charge in [-0.2, -0.15) is 0 Å². The third-order valence-corrected chi connectivity index (χ3v) is 5.69. The van der Waals surface area contributed by atoms with Crippen LogP contribution < -0.4 is 5.32 Å². The number of halogens is 2. The minimum absolute atomic E-state index is 0.0595. The molecule has 0 aliphatic rings. The molecule has 0 saturated heterocycles. The van der Waals surface area contributed by atoms with Gasteiger partial charge in [-0.3, -0.25) is 4.79 Å². The minimum Gasteiger partial charge on any atom is -0.319 e. The topological polar surface area (TPSA) is 59.8 Å². The van der Waals surface area contributed by atoms with Gasteiger partial charge in [0.15, 0.2) is 5.82 Å². The summed E-state index contributed by atoms with van der Waals surface area (Å²) in [5.41, 5.74) is 5.13. The summed E-state index contributed by atoms with van der Waals surface area (Å²) in [6.45, 7) is 5.82. The Morgan fingerprint density at radius 2 is 1.58 bits per heavy atom. The Kier molecular flexibility index (Phi) is 5.81. The van der Waals surface area contributed by atoms with E-state index in [1.54, 1.807) is 22.9 Å². The van der Waals surface area contributed by atoms with Crippen molar-refractivity contribution in [1.29, 1.82) is 0 Å². The molecule has 0 fully saturated rings. The normalized spacial score (nSPS) is 10.9. The molecule has 0 bridgehead atoms. The zero-order valence-electron chi connectivity index (χ0n) is 17.3. The van der Waals surface area contributed by atoms with Crippen molar-refractivity contribution in [3.8, 4) is 17.1 Å². The molecule has 1 N–H and O–H groups in total. The van der Waals surface area contributed by atoms with Crippen LogP contribution in [-0.2, 0) is 0 Å². The number of para-hydroxylation sites is 1. The predicted octanol–water partition coefficient (Wildman–Crippen LogP) is 6.42. The lowest BCUT2D eigenvalue weighted by Crippen LogP contribution is -2.16. The van der Waals surface area contributed by atoms with E-state index in [4.69, 9.17) is 23.2 Å². The largest absolute Gasteiger partial charge is 0.319 e. The lowest BCUT2D eigenvalue weighted by molar-refractivity contribution is 0.101. The summed E-state index contributed by atoms with van der Waals surface area (Å²) >= 11 is 12.4. The summed E-state index contributed by atoms with van der Waals surface area (Å²) in [6.07, 6.45) is 0. The molecule has 4 aromatic rings. The number of carbonyl (C=O) groups excluding carboxylic acids is 1. The Morgan fingerprint density at radius 3 is 2.23 bits per heavy atom. The SMILES string of the molecule is Cc1ccc(-n2nc(C(=O)Nc3c(C)cccc3C)nc2-c2ccc(Cl)cc2)cc1Cl. The second kappa shape index (κ2) is 8.53. The molecule has 1 aromatic heterocycles. The van der Waals surface area contributed by atoms with Crippen LogP contribution in [0.25, 0.3) is 17.1 Å². The number of amides is 1. The number of benzene rings is 3. The highest BCUT2D eigenvalue weighted by atomic mass is 35.5. The Balaban J connectivity index is 1.80. The number of aryl methyl sites for hydroxylation is 3. The number of hydrogen-bond donors (Lipinski definition) is 1. The van der Waals surface area contributed by atoms with E-state index in [0.29, 0.717) is 21.6 Å². The quantitative estimate of drug-likeness (QED) is 0.390. The number of aromatic nitrogens is 3. The van der Waals surface area contributed by atoms with Crippen molar-refractivity contribution in [2.45, 2.75) is 20.8 Å². The molecule has 7 heteroatoms. The lowest BCUT2D eigenvalue weighted by atomic mass is 10.1. The molecule has 4 rings (SSSR count). The van der Waals surface area contributed by atoms with E-state index in [9.17, 15) is 4.79 Å². The van der Waals surface area contributed by atoms with Gasteiger partial charge in [-0.15, -0.1) is 5.10 Å². The van der Waals surface area contributed by atoms with E-state index in [0.717, 1.165) is 27.9 Å². The number of carbonyl (C=O) groups is 1. The molecule has 0 saturated carbocycles. The van der Waals surface area contributed by atoms with Crippen LogP contribution in [0.4, 0.5) is 5.69 Å². The van der Waals surface area contributed by atoms with E-state index >= 15 is 0 Å². The molecule has 0 aliphatic heterocycles. The first kappa shape index (κ1) is 21.1. The van der Waals surface area contributed by atoms with Crippen molar-refractivity contribution in [3.63, 3.8) is 0 Å². The first-order chi connectivity index (χ1) is 14.8. The molecule has 156 valence electrons. The fourth-order valence-corrected chi connectivity index (χ4v) is 3.57. The molecule has 0 spiro atoms. The maximum Gasteiger partial charge on any atom is 0.295 e. The van der Waals surface area contributed by atoms with Gasteiger partial charge < -0.3 is 5.32 Å². The van der Waals surface area contributed by atoms with Crippen molar-refractivity contribution < 1.29 is 4.79 Å². The van der Waals surface area contributed by atoms with Gasteiger partial charge in [0.1, 0.15) is 0 Å². The standard InChI is InChI=1S/C24H20Cl2N4O/c1-14-7-12-19(13-20(14)26)30-23(17-8-10-18(25)11-9-17)28-22(29-30)24(31)27-21-15(2)5-4-6-16(21)3/h4-13H,1-3H3,(H,27,31). The van der Waals surface area contributed by atoms with Crippen LogP contribution in [0.15, 0.2) is 60.7 Å². The Morgan fingerprint density at radius 1 is 0.903 bits per heavy atom. The fraction of sp³-hybridized carbons (Fsp3) is 0.125. The van der Waals surface area contributed by atoms with E-state index < -0.39 is 0 Å². The third kappa shape index (κ3) is 4.33. The van der Waals surface area contributed by atoms with Gasteiger partial charge >= 0.3 is 0 Å². The maximum absolute atomic E-state index is 13.0. The molecule has 0 radical (unpaired) electrons. The van der Waals surface area contributed by atoms with Crippen LogP contribution in [0.5, 0.6) is 0 Å². The first-order valence-corrected chi connectivity index (χ1v) is 10.5. The highest BCUT2D eigenvalue weighted by Gasteiger charge is 2.20. The van der Waals surface area contributed by atoms with Crippen LogP contribution in [-0.4, -0.2) is 20.7 Å². The van der Waals surface area contributed by atoms with Gasteiger partial charge in [-0.25, -0.2) is 9.67 Å². The second-order valence-corrected chi connectivity index (χ2v) is 8.18. The highest BCUT2D eigenvalue weighted by Crippen LogP contribution is 2.26. The smallest absolute Gasteiger partial charge is 0.295 e. The van der Waals surface area contributed by atoms with Gasteiger partial charge in [0.05, 0.1) is 5.69 Å². The summed E-state index contributed by atoms with van der Waals surface area (Å²) < 4.78 is 1.62. The average molecular weight is 451 g/mol. The molecule has 1 heterocycles. The molecular formula is C24H20Cl2N4O. The molecule has 3 aromatic carbocycles. The van der Waals surface area contributed by atoms with Crippen molar-refractivity contribution in [3.05, 3.63) is 93.2 Å². The first-order valence-electron chi connectivity index (χ1n) is 9.70. The predicted molar refractivity (Wildman–Crippen MR) is 125 cm³/mol. The number of anilines is 1. The molecule has 1 amide bonds. The van der Waals surface area contributed by atoms with Gasteiger partial charge in [0, 0.05) is 21.3 Å². The fourth-order valence-electron chi connectivity index (χ4n) is 3.27. The number of nitrogens with one attached hydrogen (secondary N) is 1. The van der Waals surface area contributed by atoms with Gasteiger partial charge in [0.25, 0.3) is 5.91 Å². The molecule has 5 nitrogen and oxygen atoms in total. The van der Waals surface area contributed by atoms with E-state index in [-0.39, 0.29) is 11.7 Å². The van der Waals surface area contributed by atoms with Crippen molar-refractivity contribution in [2.24, 2.45) is 0 Å². The summed E-state index contributed by atoms with van der Waals surface area (Å²) in [5, 5.41) is 8.67. The van der Waals surface area contributed by atoms with Gasteiger partial charge in [-0.05, 0) is 73.9 Å². The Hall–Kier alpha value is -3.15. The lowest BCUT2D eigenvalue weighted by Gasteiger charge is -2.09. The van der Waals surface area contributed by atoms with Crippen molar-refractivity contribution in [1.82, 2.24) is 14.8 Å². The summed E-state index contributed by atoms with van der Waals surface area (Å²) in [6, 6.07) is 18.7. The summed E-state index contributed by atoms with van der Waals surface area (Å²) in [7, 11) is 0. The molecule has 0 unspecified atom stereocenters.